The molecule has 0 saturated heterocycles. The summed E-state index contributed by atoms with van der Waals surface area (Å²) < 4.78 is 10.2. The molecule has 1 atom stereocenters. The van der Waals surface area contributed by atoms with Crippen LogP contribution in [0.5, 0.6) is 5.75 Å². The highest BCUT2D eigenvalue weighted by atomic mass is 16.5. The Balaban J connectivity index is 2.03. The Morgan fingerprint density at radius 3 is 2.46 bits per heavy atom. The van der Waals surface area contributed by atoms with Crippen LogP contribution in [0.4, 0.5) is 0 Å². The summed E-state index contributed by atoms with van der Waals surface area (Å²) in [6, 6.07) is 8.24. The third-order valence-electron chi connectivity index (χ3n) is 3.75. The van der Waals surface area contributed by atoms with Crippen LogP contribution in [0, 0.1) is 19.8 Å². The molecule has 1 heterocycles. The van der Waals surface area contributed by atoms with Crippen LogP contribution >= 0.6 is 0 Å². The number of amides is 1. The lowest BCUT2D eigenvalue weighted by Gasteiger charge is -2.15. The monoisotopic (exact) mass is 331 g/mol. The molecule has 2 rings (SSSR count). The standard InChI is InChI=1S/C18H21NO5/c1-11-8-16(12(2)24-11)17(21)19-10-14(18(22)23-3)9-13-4-6-15(20)7-5-13/h4-8,14,20H,9-10H2,1-3H3,(H,19,21). The molecule has 1 aromatic heterocycles. The molecule has 1 unspecified atom stereocenters. The quantitative estimate of drug-likeness (QED) is 0.793. The summed E-state index contributed by atoms with van der Waals surface area (Å²) in [6.45, 7) is 3.64. The largest absolute Gasteiger partial charge is 0.508 e. The van der Waals surface area contributed by atoms with Crippen LogP contribution < -0.4 is 5.32 Å². The van der Waals surface area contributed by atoms with Crippen LogP contribution in [0.25, 0.3) is 0 Å². The second-order valence-electron chi connectivity index (χ2n) is 5.63. The van der Waals surface area contributed by atoms with Gasteiger partial charge in [0.15, 0.2) is 0 Å². The van der Waals surface area contributed by atoms with E-state index in [1.165, 1.54) is 7.11 Å². The Morgan fingerprint density at radius 2 is 1.92 bits per heavy atom. The maximum atomic E-state index is 12.2. The summed E-state index contributed by atoms with van der Waals surface area (Å²) in [4.78, 5) is 24.2. The zero-order chi connectivity index (χ0) is 17.7. The highest BCUT2D eigenvalue weighted by Gasteiger charge is 2.22. The summed E-state index contributed by atoms with van der Waals surface area (Å²) in [7, 11) is 1.32. The van der Waals surface area contributed by atoms with Crippen LogP contribution in [-0.4, -0.2) is 30.6 Å². The van der Waals surface area contributed by atoms with Crippen LogP contribution in [-0.2, 0) is 16.0 Å². The van der Waals surface area contributed by atoms with Gasteiger partial charge < -0.3 is 19.6 Å². The van der Waals surface area contributed by atoms with Gasteiger partial charge in [0.05, 0.1) is 18.6 Å². The van der Waals surface area contributed by atoms with Gasteiger partial charge in [-0.05, 0) is 44.0 Å². The average molecular weight is 331 g/mol. The summed E-state index contributed by atoms with van der Waals surface area (Å²) in [5.74, 6) is 0.154. The molecule has 0 saturated carbocycles. The van der Waals surface area contributed by atoms with Gasteiger partial charge >= 0.3 is 5.97 Å². The fourth-order valence-electron chi connectivity index (χ4n) is 2.49. The van der Waals surface area contributed by atoms with E-state index in [9.17, 15) is 14.7 Å². The number of ether oxygens (including phenoxy) is 1. The first kappa shape index (κ1) is 17.6. The molecule has 0 aliphatic carbocycles. The topological polar surface area (TPSA) is 88.8 Å². The van der Waals surface area contributed by atoms with Gasteiger partial charge in [-0.25, -0.2) is 0 Å². The molecule has 0 radical (unpaired) electrons. The van der Waals surface area contributed by atoms with Crippen molar-refractivity contribution in [2.75, 3.05) is 13.7 Å². The van der Waals surface area contributed by atoms with Gasteiger partial charge in [-0.2, -0.15) is 0 Å². The second-order valence-corrected chi connectivity index (χ2v) is 5.63. The maximum absolute atomic E-state index is 12.2. The number of carbonyl (C=O) groups is 2. The number of methoxy groups -OCH3 is 1. The molecule has 1 amide bonds. The van der Waals surface area contributed by atoms with Crippen molar-refractivity contribution in [1.29, 1.82) is 0 Å². The van der Waals surface area contributed by atoms with Gasteiger partial charge in [0.2, 0.25) is 0 Å². The molecule has 2 aromatic rings. The molecule has 2 N–H and O–H groups in total. The minimum atomic E-state index is -0.517. The minimum Gasteiger partial charge on any atom is -0.508 e. The first-order valence-corrected chi connectivity index (χ1v) is 7.61. The number of phenolic OH excluding ortho intramolecular Hbond substituents is 1. The van der Waals surface area contributed by atoms with Gasteiger partial charge in [0.25, 0.3) is 5.91 Å². The molecule has 24 heavy (non-hydrogen) atoms. The normalized spacial score (nSPS) is 11.8. The molecule has 0 bridgehead atoms. The van der Waals surface area contributed by atoms with E-state index < -0.39 is 11.9 Å². The number of nitrogens with one attached hydrogen (secondary N) is 1. The second kappa shape index (κ2) is 7.68. The van der Waals surface area contributed by atoms with Crippen molar-refractivity contribution in [3.05, 3.63) is 53.0 Å². The van der Waals surface area contributed by atoms with Gasteiger partial charge in [-0.3, -0.25) is 9.59 Å². The van der Waals surface area contributed by atoms with Crippen LogP contribution in [0.1, 0.15) is 27.4 Å². The first-order chi connectivity index (χ1) is 11.4. The smallest absolute Gasteiger partial charge is 0.310 e. The van der Waals surface area contributed by atoms with E-state index in [2.05, 4.69) is 5.32 Å². The SMILES string of the molecule is COC(=O)C(CNC(=O)c1cc(C)oc1C)Cc1ccc(O)cc1. The predicted molar refractivity (Wildman–Crippen MR) is 87.8 cm³/mol. The van der Waals surface area contributed by atoms with Crippen molar-refractivity contribution in [3.63, 3.8) is 0 Å². The van der Waals surface area contributed by atoms with Crippen molar-refractivity contribution in [2.24, 2.45) is 5.92 Å². The molecule has 0 fully saturated rings. The summed E-state index contributed by atoms with van der Waals surface area (Å²) >= 11 is 0. The fourth-order valence-corrected chi connectivity index (χ4v) is 2.49. The molecule has 0 spiro atoms. The predicted octanol–water partition coefficient (Wildman–Crippen LogP) is 2.36. The Bertz CT molecular complexity index is 718. The van der Waals surface area contributed by atoms with Crippen molar-refractivity contribution in [1.82, 2.24) is 5.32 Å². The lowest BCUT2D eigenvalue weighted by atomic mass is 9.99. The molecular formula is C18H21NO5. The highest BCUT2D eigenvalue weighted by Crippen LogP contribution is 2.16. The Kier molecular flexibility index (Phi) is 5.63. The summed E-state index contributed by atoms with van der Waals surface area (Å²) in [6.07, 6.45) is 0.399. The van der Waals surface area contributed by atoms with Crippen molar-refractivity contribution >= 4 is 11.9 Å². The van der Waals surface area contributed by atoms with E-state index in [4.69, 9.17) is 9.15 Å². The number of rotatable bonds is 6. The molecule has 128 valence electrons. The number of aryl methyl sites for hydroxylation is 2. The van der Waals surface area contributed by atoms with E-state index in [0.29, 0.717) is 23.5 Å². The van der Waals surface area contributed by atoms with Gasteiger partial charge in [0.1, 0.15) is 17.3 Å². The molecule has 0 aliphatic rings. The Morgan fingerprint density at radius 1 is 1.25 bits per heavy atom. The summed E-state index contributed by atoms with van der Waals surface area (Å²) in [5, 5.41) is 12.1. The number of furan rings is 1. The molecular weight excluding hydrogens is 310 g/mol. The van der Waals surface area contributed by atoms with Crippen LogP contribution in [0.15, 0.2) is 34.7 Å². The van der Waals surface area contributed by atoms with Gasteiger partial charge in [-0.15, -0.1) is 0 Å². The van der Waals surface area contributed by atoms with E-state index in [0.717, 1.165) is 5.56 Å². The number of phenols is 1. The highest BCUT2D eigenvalue weighted by molar-refractivity contribution is 5.95. The van der Waals surface area contributed by atoms with Crippen LogP contribution in [0.3, 0.4) is 0 Å². The minimum absolute atomic E-state index is 0.149. The lowest BCUT2D eigenvalue weighted by molar-refractivity contribution is -0.145. The first-order valence-electron chi connectivity index (χ1n) is 7.61. The van der Waals surface area contributed by atoms with E-state index in [1.54, 1.807) is 44.2 Å². The average Bonchev–Trinajstić information content (AvgIpc) is 2.90. The Labute approximate surface area is 140 Å². The number of aromatic hydroxyl groups is 1. The molecule has 1 aromatic carbocycles. The lowest BCUT2D eigenvalue weighted by Crippen LogP contribution is -2.34. The fraction of sp³-hybridized carbons (Fsp3) is 0.333. The van der Waals surface area contributed by atoms with Gasteiger partial charge in [-0.1, -0.05) is 12.1 Å². The number of esters is 1. The zero-order valence-corrected chi connectivity index (χ0v) is 14.0. The van der Waals surface area contributed by atoms with Gasteiger partial charge in [0, 0.05) is 6.54 Å². The van der Waals surface area contributed by atoms with E-state index in [-0.39, 0.29) is 18.2 Å². The molecule has 6 heteroatoms. The number of hydrogen-bond acceptors (Lipinski definition) is 5. The third kappa shape index (κ3) is 4.38. The number of hydrogen-bond donors (Lipinski definition) is 2. The zero-order valence-electron chi connectivity index (χ0n) is 14.0. The Hall–Kier alpha value is -2.76. The van der Waals surface area contributed by atoms with Crippen molar-refractivity contribution in [2.45, 2.75) is 20.3 Å². The molecule has 0 aliphatic heterocycles. The number of benzene rings is 1. The van der Waals surface area contributed by atoms with Crippen LogP contribution in [0.2, 0.25) is 0 Å². The third-order valence-corrected chi connectivity index (χ3v) is 3.75. The molecule has 6 nitrogen and oxygen atoms in total. The van der Waals surface area contributed by atoms with Crippen molar-refractivity contribution in [3.8, 4) is 5.75 Å². The number of carbonyl (C=O) groups excluding carboxylic acids is 2. The maximum Gasteiger partial charge on any atom is 0.310 e. The van der Waals surface area contributed by atoms with E-state index >= 15 is 0 Å². The summed E-state index contributed by atoms with van der Waals surface area (Å²) in [5.41, 5.74) is 1.33. The van der Waals surface area contributed by atoms with E-state index in [1.807, 2.05) is 0 Å². The van der Waals surface area contributed by atoms with Crippen molar-refractivity contribution < 1.29 is 23.8 Å².